The highest BCUT2D eigenvalue weighted by atomic mass is 32.2. The van der Waals surface area contributed by atoms with E-state index in [1.807, 2.05) is 19.9 Å². The Morgan fingerprint density at radius 1 is 1.14 bits per heavy atom. The van der Waals surface area contributed by atoms with Crippen LogP contribution in [0.5, 0.6) is 0 Å². The van der Waals surface area contributed by atoms with Gasteiger partial charge in [-0.15, -0.1) is 11.8 Å². The lowest BCUT2D eigenvalue weighted by Crippen LogP contribution is -2.32. The second-order valence-electron chi connectivity index (χ2n) is 6.71. The van der Waals surface area contributed by atoms with Crippen molar-refractivity contribution in [2.45, 2.75) is 49.9 Å². The molecule has 2 N–H and O–H groups in total. The first-order chi connectivity index (χ1) is 13.8. The van der Waals surface area contributed by atoms with Gasteiger partial charge in [0.15, 0.2) is 0 Å². The Kier molecular flexibility index (Phi) is 8.21. The van der Waals surface area contributed by atoms with Crippen molar-refractivity contribution in [2.75, 3.05) is 0 Å². The number of carbonyl (C=O) groups is 2. The van der Waals surface area contributed by atoms with Crippen molar-refractivity contribution in [2.24, 2.45) is 0 Å². The molecular weight excluding hydrogens is 390 g/mol. The van der Waals surface area contributed by atoms with Crippen molar-refractivity contribution in [3.63, 3.8) is 0 Å². The van der Waals surface area contributed by atoms with Crippen LogP contribution in [-0.4, -0.2) is 28.0 Å². The second kappa shape index (κ2) is 10.6. The number of thioether (sulfide) groups is 1. The maximum atomic E-state index is 12.4. The number of benzene rings is 2. The standard InChI is InChI=1S/C21H25N3O4S/c1-4-14(2)23-21(26)17-7-5-6-16(12-17)13-22-20(25)15(3)29-19-10-8-18(9-11-19)24(27)28/h5-12,14-15H,4,13H2,1-3H3,(H,22,25)(H,23,26). The number of rotatable bonds is 9. The van der Waals surface area contributed by atoms with Gasteiger partial charge in [0, 0.05) is 35.2 Å². The zero-order chi connectivity index (χ0) is 21.4. The lowest BCUT2D eigenvalue weighted by Gasteiger charge is -2.14. The second-order valence-corrected chi connectivity index (χ2v) is 8.13. The smallest absolute Gasteiger partial charge is 0.269 e. The first-order valence-electron chi connectivity index (χ1n) is 9.38. The normalized spacial score (nSPS) is 12.7. The minimum Gasteiger partial charge on any atom is -0.351 e. The molecule has 2 atom stereocenters. The van der Waals surface area contributed by atoms with E-state index in [0.29, 0.717) is 12.1 Å². The number of amides is 2. The Balaban J connectivity index is 1.90. The maximum Gasteiger partial charge on any atom is 0.269 e. The number of carbonyl (C=O) groups excluding carboxylic acids is 2. The predicted molar refractivity (Wildman–Crippen MR) is 114 cm³/mol. The van der Waals surface area contributed by atoms with Crippen molar-refractivity contribution >= 4 is 29.3 Å². The molecule has 0 aliphatic carbocycles. The van der Waals surface area contributed by atoms with Crippen LogP contribution in [0.3, 0.4) is 0 Å². The van der Waals surface area contributed by atoms with Crippen molar-refractivity contribution in [1.29, 1.82) is 0 Å². The summed E-state index contributed by atoms with van der Waals surface area (Å²) in [6.07, 6.45) is 0.853. The molecule has 0 heterocycles. The molecule has 0 aromatic heterocycles. The largest absolute Gasteiger partial charge is 0.351 e. The van der Waals surface area contributed by atoms with Gasteiger partial charge in [0.25, 0.3) is 11.6 Å². The molecule has 0 aliphatic rings. The summed E-state index contributed by atoms with van der Waals surface area (Å²) < 4.78 is 0. The van der Waals surface area contributed by atoms with Crippen LogP contribution in [0.25, 0.3) is 0 Å². The molecule has 154 valence electrons. The Morgan fingerprint density at radius 2 is 1.83 bits per heavy atom. The molecule has 0 spiro atoms. The van der Waals surface area contributed by atoms with Crippen molar-refractivity contribution in [1.82, 2.24) is 10.6 Å². The van der Waals surface area contributed by atoms with Crippen LogP contribution in [0, 0.1) is 10.1 Å². The monoisotopic (exact) mass is 415 g/mol. The summed E-state index contributed by atoms with van der Waals surface area (Å²) in [5, 5.41) is 16.1. The van der Waals surface area contributed by atoms with E-state index in [9.17, 15) is 19.7 Å². The van der Waals surface area contributed by atoms with Gasteiger partial charge in [-0.3, -0.25) is 19.7 Å². The van der Waals surface area contributed by atoms with Crippen LogP contribution >= 0.6 is 11.8 Å². The summed E-state index contributed by atoms with van der Waals surface area (Å²) in [6, 6.07) is 13.4. The Morgan fingerprint density at radius 3 is 2.45 bits per heavy atom. The lowest BCUT2D eigenvalue weighted by molar-refractivity contribution is -0.384. The quantitative estimate of drug-likeness (QED) is 0.367. The molecule has 29 heavy (non-hydrogen) atoms. The van der Waals surface area contributed by atoms with E-state index in [1.54, 1.807) is 37.3 Å². The molecule has 0 saturated carbocycles. The third-order valence-electron chi connectivity index (χ3n) is 4.38. The fourth-order valence-electron chi connectivity index (χ4n) is 2.47. The molecule has 2 aromatic carbocycles. The Hall–Kier alpha value is -2.87. The van der Waals surface area contributed by atoms with Gasteiger partial charge in [-0.25, -0.2) is 0 Å². The van der Waals surface area contributed by atoms with Gasteiger partial charge in [0.2, 0.25) is 5.91 Å². The SMILES string of the molecule is CCC(C)NC(=O)c1cccc(CNC(=O)C(C)Sc2ccc([N+](=O)[O-])cc2)c1. The molecule has 0 bridgehead atoms. The third kappa shape index (κ3) is 6.90. The van der Waals surface area contributed by atoms with E-state index < -0.39 is 4.92 Å². The number of nitrogens with one attached hydrogen (secondary N) is 2. The molecule has 2 unspecified atom stereocenters. The van der Waals surface area contributed by atoms with E-state index in [1.165, 1.54) is 23.9 Å². The van der Waals surface area contributed by atoms with Crippen LogP contribution in [0.15, 0.2) is 53.4 Å². The van der Waals surface area contributed by atoms with Crippen molar-refractivity contribution in [3.05, 3.63) is 69.8 Å². The molecule has 0 radical (unpaired) electrons. The fourth-order valence-corrected chi connectivity index (χ4v) is 3.36. The Labute approximate surface area is 174 Å². The minimum absolute atomic E-state index is 0.0173. The Bertz CT molecular complexity index is 870. The zero-order valence-corrected chi connectivity index (χ0v) is 17.5. The van der Waals surface area contributed by atoms with Crippen LogP contribution in [0.4, 0.5) is 5.69 Å². The average Bonchev–Trinajstić information content (AvgIpc) is 2.72. The molecule has 2 rings (SSSR count). The van der Waals surface area contributed by atoms with Gasteiger partial charge < -0.3 is 10.6 Å². The number of hydrogen-bond acceptors (Lipinski definition) is 5. The third-order valence-corrected chi connectivity index (χ3v) is 5.49. The van der Waals surface area contributed by atoms with Crippen LogP contribution in [0.2, 0.25) is 0 Å². The summed E-state index contributed by atoms with van der Waals surface area (Å²) >= 11 is 1.33. The van der Waals surface area contributed by atoms with Crippen molar-refractivity contribution < 1.29 is 14.5 Å². The van der Waals surface area contributed by atoms with Gasteiger partial charge in [0.1, 0.15) is 0 Å². The van der Waals surface area contributed by atoms with E-state index in [0.717, 1.165) is 16.9 Å². The molecule has 2 amide bonds. The first-order valence-corrected chi connectivity index (χ1v) is 10.3. The van der Waals surface area contributed by atoms with Crippen LogP contribution in [0.1, 0.15) is 43.1 Å². The summed E-state index contributed by atoms with van der Waals surface area (Å²) in [4.78, 5) is 35.6. The van der Waals surface area contributed by atoms with E-state index in [4.69, 9.17) is 0 Å². The predicted octanol–water partition coefficient (Wildman–Crippen LogP) is 3.92. The summed E-state index contributed by atoms with van der Waals surface area (Å²) in [6.45, 7) is 6.05. The summed E-state index contributed by atoms with van der Waals surface area (Å²) in [5.41, 5.74) is 1.41. The average molecular weight is 416 g/mol. The summed E-state index contributed by atoms with van der Waals surface area (Å²) in [7, 11) is 0. The fraction of sp³-hybridized carbons (Fsp3) is 0.333. The highest BCUT2D eigenvalue weighted by molar-refractivity contribution is 8.00. The number of nitro groups is 1. The molecule has 0 saturated heterocycles. The zero-order valence-electron chi connectivity index (χ0n) is 16.7. The maximum absolute atomic E-state index is 12.4. The summed E-state index contributed by atoms with van der Waals surface area (Å²) in [5.74, 6) is -0.280. The van der Waals surface area contributed by atoms with E-state index in [-0.39, 0.29) is 28.8 Å². The molecule has 0 aliphatic heterocycles. The van der Waals surface area contributed by atoms with Gasteiger partial charge in [-0.1, -0.05) is 19.1 Å². The van der Waals surface area contributed by atoms with E-state index >= 15 is 0 Å². The molecular formula is C21H25N3O4S. The molecule has 7 nitrogen and oxygen atoms in total. The van der Waals surface area contributed by atoms with Gasteiger partial charge in [-0.05, 0) is 50.1 Å². The van der Waals surface area contributed by atoms with E-state index in [2.05, 4.69) is 10.6 Å². The molecule has 0 fully saturated rings. The van der Waals surface area contributed by atoms with Crippen LogP contribution < -0.4 is 10.6 Å². The highest BCUT2D eigenvalue weighted by Crippen LogP contribution is 2.25. The number of non-ortho nitro benzene ring substituents is 1. The van der Waals surface area contributed by atoms with Gasteiger partial charge >= 0.3 is 0 Å². The number of hydrogen-bond donors (Lipinski definition) is 2. The number of nitrogens with zero attached hydrogens (tertiary/aromatic N) is 1. The molecule has 8 heteroatoms. The topological polar surface area (TPSA) is 101 Å². The molecule has 2 aromatic rings. The lowest BCUT2D eigenvalue weighted by atomic mass is 10.1. The van der Waals surface area contributed by atoms with Crippen molar-refractivity contribution in [3.8, 4) is 0 Å². The first kappa shape index (κ1) is 22.4. The van der Waals surface area contributed by atoms with Crippen LogP contribution in [-0.2, 0) is 11.3 Å². The highest BCUT2D eigenvalue weighted by Gasteiger charge is 2.15. The van der Waals surface area contributed by atoms with Gasteiger partial charge in [0.05, 0.1) is 10.2 Å². The van der Waals surface area contributed by atoms with Gasteiger partial charge in [-0.2, -0.15) is 0 Å². The number of nitro benzene ring substituents is 1. The minimum atomic E-state index is -0.456.